The number of carbonyl (C=O) groups is 2. The van der Waals surface area contributed by atoms with Crippen LogP contribution in [0.15, 0.2) is 29.1 Å². The summed E-state index contributed by atoms with van der Waals surface area (Å²) in [4.78, 5) is 34.5. The molecule has 5 N–H and O–H groups in total. The van der Waals surface area contributed by atoms with Crippen LogP contribution in [0.1, 0.15) is 37.7 Å². The van der Waals surface area contributed by atoms with Gasteiger partial charge >= 0.3 is 6.09 Å². The number of rotatable bonds is 6. The number of hydrogen-bond acceptors (Lipinski definition) is 7. The fraction of sp³-hybridized carbons (Fsp3) is 0.478. The maximum atomic E-state index is 13.7. The van der Waals surface area contributed by atoms with Gasteiger partial charge in [0.1, 0.15) is 4.60 Å². The lowest BCUT2D eigenvalue weighted by Crippen LogP contribution is -2.59. The number of halogens is 2. The minimum Gasteiger partial charge on any atom is -0.465 e. The summed E-state index contributed by atoms with van der Waals surface area (Å²) in [5.41, 5.74) is 6.61. The van der Waals surface area contributed by atoms with E-state index in [0.29, 0.717) is 30.9 Å². The second kappa shape index (κ2) is 10.7. The highest BCUT2D eigenvalue weighted by atomic mass is 79.9. The molecule has 0 saturated carbocycles. The third-order valence-electron chi connectivity index (χ3n) is 6.68. The van der Waals surface area contributed by atoms with E-state index < -0.39 is 32.2 Å². The van der Waals surface area contributed by atoms with Gasteiger partial charge in [0, 0.05) is 25.4 Å². The van der Waals surface area contributed by atoms with Gasteiger partial charge in [0.15, 0.2) is 19.8 Å². The molecule has 36 heavy (non-hydrogen) atoms. The molecule has 2 aromatic rings. The highest BCUT2D eigenvalue weighted by Crippen LogP contribution is 2.39. The van der Waals surface area contributed by atoms with E-state index in [9.17, 15) is 19.1 Å². The zero-order chi connectivity index (χ0) is 26.8. The first-order chi connectivity index (χ1) is 16.7. The Bertz CT molecular complexity index is 1150. The van der Waals surface area contributed by atoms with Crippen LogP contribution in [0.4, 0.5) is 26.2 Å². The minimum absolute atomic E-state index is 0.0221. The van der Waals surface area contributed by atoms with Crippen molar-refractivity contribution in [3.8, 4) is 0 Å². The fourth-order valence-corrected chi connectivity index (χ4v) is 5.43. The molecule has 0 radical (unpaired) electrons. The second-order valence-electron chi connectivity index (χ2n) is 10.3. The summed E-state index contributed by atoms with van der Waals surface area (Å²) < 4.78 is 20.1. The molecule has 196 valence electrons. The van der Waals surface area contributed by atoms with Crippen molar-refractivity contribution in [2.24, 2.45) is 0 Å². The number of nitrogen functional groups attached to an aromatic ring is 1. The molecule has 13 heteroatoms. The largest absolute Gasteiger partial charge is 0.465 e. The number of aromatic nitrogens is 2. The molecular weight excluding hydrogens is 551 g/mol. The average molecular weight is 584 g/mol. The third kappa shape index (κ3) is 6.31. The molecule has 0 aliphatic carbocycles. The summed E-state index contributed by atoms with van der Waals surface area (Å²) in [6, 6.07) is 2.28. The van der Waals surface area contributed by atoms with Crippen LogP contribution in [-0.4, -0.2) is 60.6 Å². The Morgan fingerprint density at radius 3 is 2.69 bits per heavy atom. The standard InChI is InChI=1S/C23H32BrFN6O4Si/c1-23(2,3)36(4,5)35-18-7-9-31(12-16(18)29-22(33)34)17-6-8-27-11-15(17)28-21(32)19-14(26)10-13(25)20(24)30-19/h6,8,10-11,16,18,29H,7,9,12,26H2,1-5H3,(H,28,32)(H,33,34). The molecule has 3 heterocycles. The quantitative estimate of drug-likeness (QED) is 0.289. The highest BCUT2D eigenvalue weighted by molar-refractivity contribution is 9.10. The number of amides is 2. The Labute approximate surface area is 219 Å². The van der Waals surface area contributed by atoms with Gasteiger partial charge in [-0.25, -0.2) is 14.2 Å². The number of carboxylic acid groups (broad SMARTS) is 1. The number of nitrogens with two attached hydrogens (primary N) is 1. The van der Waals surface area contributed by atoms with Gasteiger partial charge in [0.05, 0.1) is 35.4 Å². The smallest absolute Gasteiger partial charge is 0.405 e. The van der Waals surface area contributed by atoms with Crippen molar-refractivity contribution in [3.05, 3.63) is 40.6 Å². The summed E-state index contributed by atoms with van der Waals surface area (Å²) in [7, 11) is -2.14. The summed E-state index contributed by atoms with van der Waals surface area (Å²) in [5, 5.41) is 14.8. The summed E-state index contributed by atoms with van der Waals surface area (Å²) in [5.74, 6) is -1.30. The van der Waals surface area contributed by atoms with E-state index in [1.165, 1.54) is 6.20 Å². The molecule has 0 bridgehead atoms. The van der Waals surface area contributed by atoms with Crippen LogP contribution in [0.25, 0.3) is 0 Å². The van der Waals surface area contributed by atoms with Crippen molar-refractivity contribution >= 4 is 53.3 Å². The van der Waals surface area contributed by atoms with Crippen LogP contribution in [0.3, 0.4) is 0 Å². The van der Waals surface area contributed by atoms with Crippen LogP contribution in [0.5, 0.6) is 0 Å². The molecule has 2 atom stereocenters. The van der Waals surface area contributed by atoms with Crippen LogP contribution >= 0.6 is 15.9 Å². The number of carbonyl (C=O) groups excluding carboxylic acids is 1. The normalized spacial score (nSPS) is 18.6. The van der Waals surface area contributed by atoms with Crippen LogP contribution < -0.4 is 21.3 Å². The Morgan fingerprint density at radius 2 is 2.06 bits per heavy atom. The molecule has 1 fully saturated rings. The van der Waals surface area contributed by atoms with Crippen molar-refractivity contribution in [1.82, 2.24) is 15.3 Å². The van der Waals surface area contributed by atoms with E-state index in [-0.39, 0.29) is 27.1 Å². The summed E-state index contributed by atoms with van der Waals surface area (Å²) in [6.45, 7) is 11.6. The van der Waals surface area contributed by atoms with Gasteiger partial charge in [-0.05, 0) is 46.5 Å². The molecular formula is C23H32BrFN6O4Si. The maximum absolute atomic E-state index is 13.7. The zero-order valence-corrected chi connectivity index (χ0v) is 23.5. The number of nitrogens with zero attached hydrogens (tertiary/aromatic N) is 3. The number of nitrogens with one attached hydrogen (secondary N) is 2. The fourth-order valence-electron chi connectivity index (χ4n) is 3.75. The van der Waals surface area contributed by atoms with Crippen molar-refractivity contribution < 1.29 is 23.5 Å². The van der Waals surface area contributed by atoms with Crippen molar-refractivity contribution in [2.75, 3.05) is 29.0 Å². The highest BCUT2D eigenvalue weighted by Gasteiger charge is 2.42. The van der Waals surface area contributed by atoms with Gasteiger partial charge in [-0.2, -0.15) is 0 Å². The summed E-state index contributed by atoms with van der Waals surface area (Å²) >= 11 is 2.97. The molecule has 2 aromatic heterocycles. The average Bonchev–Trinajstić information content (AvgIpc) is 2.76. The van der Waals surface area contributed by atoms with Gasteiger partial charge in [0.2, 0.25) is 0 Å². The van der Waals surface area contributed by atoms with Crippen LogP contribution in [0.2, 0.25) is 18.1 Å². The molecule has 1 saturated heterocycles. The van der Waals surface area contributed by atoms with Gasteiger partial charge in [-0.1, -0.05) is 20.8 Å². The Hall–Kier alpha value is -2.77. The van der Waals surface area contributed by atoms with E-state index in [2.05, 4.69) is 70.4 Å². The molecule has 2 unspecified atom stereocenters. The first-order valence-electron chi connectivity index (χ1n) is 11.5. The SMILES string of the molecule is CC(C)(C)[Si](C)(C)OC1CCN(c2ccncc2NC(=O)c2nc(Br)c(F)cc2N)CC1NC(=O)O. The van der Waals surface area contributed by atoms with Crippen molar-refractivity contribution in [2.45, 2.75) is 57.5 Å². The molecule has 10 nitrogen and oxygen atoms in total. The monoisotopic (exact) mass is 582 g/mol. The van der Waals surface area contributed by atoms with Gasteiger partial charge < -0.3 is 30.8 Å². The molecule has 0 aromatic carbocycles. The van der Waals surface area contributed by atoms with Gasteiger partial charge in [0.25, 0.3) is 5.91 Å². The third-order valence-corrected chi connectivity index (χ3v) is 11.7. The summed E-state index contributed by atoms with van der Waals surface area (Å²) in [6.07, 6.45) is 2.26. The molecule has 1 aliphatic rings. The predicted molar refractivity (Wildman–Crippen MR) is 142 cm³/mol. The molecule has 3 rings (SSSR count). The maximum Gasteiger partial charge on any atom is 0.405 e. The minimum atomic E-state index is -2.14. The second-order valence-corrected chi connectivity index (χ2v) is 15.8. The van der Waals surface area contributed by atoms with E-state index >= 15 is 0 Å². The van der Waals surface area contributed by atoms with Crippen molar-refractivity contribution in [3.63, 3.8) is 0 Å². The van der Waals surface area contributed by atoms with Gasteiger partial charge in [-0.3, -0.25) is 9.78 Å². The predicted octanol–water partition coefficient (Wildman–Crippen LogP) is 4.45. The van der Waals surface area contributed by atoms with E-state index in [4.69, 9.17) is 10.2 Å². The lowest BCUT2D eigenvalue weighted by atomic mass is 10.0. The Kier molecular flexibility index (Phi) is 8.26. The number of pyridine rings is 2. The lowest BCUT2D eigenvalue weighted by Gasteiger charge is -2.45. The van der Waals surface area contributed by atoms with E-state index in [0.717, 1.165) is 6.07 Å². The zero-order valence-electron chi connectivity index (χ0n) is 20.9. The number of anilines is 3. The molecule has 0 spiro atoms. The molecule has 1 aliphatic heterocycles. The van der Waals surface area contributed by atoms with Gasteiger partial charge in [-0.15, -0.1) is 0 Å². The number of piperidine rings is 1. The van der Waals surface area contributed by atoms with E-state index in [1.807, 2.05) is 4.90 Å². The lowest BCUT2D eigenvalue weighted by molar-refractivity contribution is 0.102. The first kappa shape index (κ1) is 27.8. The Morgan fingerprint density at radius 1 is 1.36 bits per heavy atom. The first-order valence-corrected chi connectivity index (χ1v) is 15.2. The molecule has 2 amide bonds. The number of hydrogen-bond donors (Lipinski definition) is 4. The topological polar surface area (TPSA) is 143 Å². The Balaban J connectivity index is 1.83. The van der Waals surface area contributed by atoms with Crippen LogP contribution in [-0.2, 0) is 4.43 Å². The van der Waals surface area contributed by atoms with Crippen molar-refractivity contribution in [1.29, 1.82) is 0 Å². The van der Waals surface area contributed by atoms with Crippen LogP contribution in [0, 0.1) is 5.82 Å². The van der Waals surface area contributed by atoms with E-state index in [1.54, 1.807) is 12.3 Å².